The van der Waals surface area contributed by atoms with Gasteiger partial charge < -0.3 is 14.5 Å². The predicted molar refractivity (Wildman–Crippen MR) is 101 cm³/mol. The van der Waals surface area contributed by atoms with Crippen LogP contribution in [0.15, 0.2) is 18.2 Å². The molecule has 0 unspecified atom stereocenters. The number of carbonyl (C=O) groups is 1. The van der Waals surface area contributed by atoms with Gasteiger partial charge in [0.15, 0.2) is 6.54 Å². The number of rotatable bonds is 10. The van der Waals surface area contributed by atoms with E-state index >= 15 is 0 Å². The number of benzene rings is 1. The highest BCUT2D eigenvalue weighted by molar-refractivity contribution is 5.76. The number of hydrogen-bond acceptors (Lipinski definition) is 2. The molecule has 0 fully saturated rings. The van der Waals surface area contributed by atoms with E-state index in [-0.39, 0.29) is 5.91 Å². The summed E-state index contributed by atoms with van der Waals surface area (Å²) in [6, 6.07) is 6.45. The van der Waals surface area contributed by atoms with Gasteiger partial charge in [-0.25, -0.2) is 0 Å². The molecular weight excluding hydrogens is 300 g/mol. The Morgan fingerprint density at radius 1 is 1.29 bits per heavy atom. The van der Waals surface area contributed by atoms with Crippen LogP contribution in [0.4, 0.5) is 0 Å². The van der Waals surface area contributed by atoms with E-state index in [1.165, 1.54) is 11.1 Å². The second-order valence-electron chi connectivity index (χ2n) is 7.55. The minimum Gasteiger partial charge on any atom is -0.493 e. The minimum absolute atomic E-state index is 0.128. The monoisotopic (exact) mass is 335 g/mol. The second kappa shape index (κ2) is 9.67. The van der Waals surface area contributed by atoms with Crippen molar-refractivity contribution in [2.75, 3.05) is 40.3 Å². The quantitative estimate of drug-likeness (QED) is 0.525. The van der Waals surface area contributed by atoms with Gasteiger partial charge >= 0.3 is 0 Å². The standard InChI is InChI=1S/C20H34N2O2/c1-7-11-21-20(23)15-22(5,6)12-8-13-24-19-14-18(16(2)3)10-9-17(19)4/h9-10,14,16H,7-8,11-13,15H2,1-6H3/p+1. The van der Waals surface area contributed by atoms with E-state index in [0.29, 0.717) is 23.6 Å². The first-order valence-electron chi connectivity index (χ1n) is 9.07. The van der Waals surface area contributed by atoms with Crippen molar-refractivity contribution in [2.24, 2.45) is 0 Å². The molecule has 0 aliphatic rings. The zero-order valence-electron chi connectivity index (χ0n) is 16.3. The van der Waals surface area contributed by atoms with E-state index in [0.717, 1.165) is 31.7 Å². The zero-order valence-corrected chi connectivity index (χ0v) is 16.3. The van der Waals surface area contributed by atoms with Crippen LogP contribution in [0.25, 0.3) is 0 Å². The number of nitrogens with zero attached hydrogens (tertiary/aromatic N) is 1. The zero-order chi connectivity index (χ0) is 18.2. The third-order valence-electron chi connectivity index (χ3n) is 4.19. The fourth-order valence-corrected chi connectivity index (χ4v) is 2.59. The summed E-state index contributed by atoms with van der Waals surface area (Å²) in [6.45, 7) is 11.4. The lowest BCUT2D eigenvalue weighted by Gasteiger charge is -2.29. The van der Waals surface area contributed by atoms with Crippen LogP contribution in [0.3, 0.4) is 0 Å². The molecule has 1 amide bonds. The molecule has 1 aromatic rings. The molecule has 0 saturated heterocycles. The SMILES string of the molecule is CCCNC(=O)C[N+](C)(C)CCCOc1cc(C(C)C)ccc1C. The van der Waals surface area contributed by atoms with E-state index < -0.39 is 0 Å². The van der Waals surface area contributed by atoms with Gasteiger partial charge in [0.05, 0.1) is 27.2 Å². The van der Waals surface area contributed by atoms with Crippen LogP contribution < -0.4 is 10.1 Å². The number of carbonyl (C=O) groups excluding carboxylic acids is 1. The smallest absolute Gasteiger partial charge is 0.275 e. The molecule has 1 rings (SSSR count). The van der Waals surface area contributed by atoms with Gasteiger partial charge in [0.1, 0.15) is 5.75 Å². The molecule has 1 N–H and O–H groups in total. The Labute approximate surface area is 147 Å². The van der Waals surface area contributed by atoms with Gasteiger partial charge in [-0.2, -0.15) is 0 Å². The van der Waals surface area contributed by atoms with Crippen LogP contribution in [-0.4, -0.2) is 50.7 Å². The molecule has 0 atom stereocenters. The highest BCUT2D eigenvalue weighted by Crippen LogP contribution is 2.24. The summed E-state index contributed by atoms with van der Waals surface area (Å²) >= 11 is 0. The lowest BCUT2D eigenvalue weighted by atomic mass is 10.0. The number of ether oxygens (including phenoxy) is 1. The predicted octanol–water partition coefficient (Wildman–Crippen LogP) is 3.49. The summed E-state index contributed by atoms with van der Waals surface area (Å²) in [5.74, 6) is 1.61. The minimum atomic E-state index is 0.128. The molecule has 1 aromatic carbocycles. The van der Waals surface area contributed by atoms with Crippen LogP contribution >= 0.6 is 0 Å². The maximum Gasteiger partial charge on any atom is 0.275 e. The van der Waals surface area contributed by atoms with Crippen molar-refractivity contribution < 1.29 is 14.0 Å². The average molecular weight is 336 g/mol. The summed E-state index contributed by atoms with van der Waals surface area (Å²) in [7, 11) is 4.19. The Hall–Kier alpha value is -1.55. The van der Waals surface area contributed by atoms with E-state index in [1.807, 2.05) is 0 Å². The highest BCUT2D eigenvalue weighted by atomic mass is 16.5. The molecule has 0 spiro atoms. The van der Waals surface area contributed by atoms with Gasteiger partial charge in [-0.05, 0) is 36.5 Å². The first kappa shape index (κ1) is 20.5. The van der Waals surface area contributed by atoms with Gasteiger partial charge in [0.2, 0.25) is 0 Å². The Bertz CT molecular complexity index is 524. The summed E-state index contributed by atoms with van der Waals surface area (Å²) in [4.78, 5) is 11.9. The molecule has 136 valence electrons. The molecule has 0 saturated carbocycles. The Balaban J connectivity index is 2.42. The average Bonchev–Trinajstić information content (AvgIpc) is 2.50. The van der Waals surface area contributed by atoms with E-state index in [2.05, 4.69) is 65.3 Å². The number of amides is 1. The molecule has 4 nitrogen and oxygen atoms in total. The molecule has 0 aromatic heterocycles. The first-order chi connectivity index (χ1) is 11.2. The van der Waals surface area contributed by atoms with Crippen LogP contribution in [0, 0.1) is 6.92 Å². The van der Waals surface area contributed by atoms with Crippen molar-refractivity contribution >= 4 is 5.91 Å². The molecule has 0 heterocycles. The first-order valence-corrected chi connectivity index (χ1v) is 9.07. The Morgan fingerprint density at radius 3 is 2.62 bits per heavy atom. The van der Waals surface area contributed by atoms with Gasteiger partial charge in [0.25, 0.3) is 5.91 Å². The lowest BCUT2D eigenvalue weighted by Crippen LogP contribution is -2.48. The van der Waals surface area contributed by atoms with Crippen LogP contribution in [0.2, 0.25) is 0 Å². The van der Waals surface area contributed by atoms with Crippen LogP contribution in [0.5, 0.6) is 5.75 Å². The van der Waals surface area contributed by atoms with Gasteiger partial charge in [-0.15, -0.1) is 0 Å². The van der Waals surface area contributed by atoms with Crippen molar-refractivity contribution in [1.82, 2.24) is 5.32 Å². The topological polar surface area (TPSA) is 38.3 Å². The third-order valence-corrected chi connectivity index (χ3v) is 4.19. The molecule has 4 heteroatoms. The number of nitrogens with one attached hydrogen (secondary N) is 1. The molecule has 0 radical (unpaired) electrons. The molecule has 0 aliphatic carbocycles. The largest absolute Gasteiger partial charge is 0.493 e. The van der Waals surface area contributed by atoms with Crippen molar-refractivity contribution in [3.63, 3.8) is 0 Å². The summed E-state index contributed by atoms with van der Waals surface area (Å²) < 4.78 is 6.67. The van der Waals surface area contributed by atoms with E-state index in [4.69, 9.17) is 4.74 Å². The summed E-state index contributed by atoms with van der Waals surface area (Å²) in [5.41, 5.74) is 2.48. The molecular formula is C20H35N2O2+. The van der Waals surface area contributed by atoms with Gasteiger partial charge in [-0.1, -0.05) is 32.9 Å². The summed E-state index contributed by atoms with van der Waals surface area (Å²) in [5, 5.41) is 2.94. The van der Waals surface area contributed by atoms with E-state index in [1.54, 1.807) is 0 Å². The highest BCUT2D eigenvalue weighted by Gasteiger charge is 2.19. The fraction of sp³-hybridized carbons (Fsp3) is 0.650. The normalized spacial score (nSPS) is 11.6. The fourth-order valence-electron chi connectivity index (χ4n) is 2.59. The number of likely N-dealkylation sites (N-methyl/N-ethyl adjacent to an activating group) is 1. The van der Waals surface area contributed by atoms with E-state index in [9.17, 15) is 4.79 Å². The van der Waals surface area contributed by atoms with Crippen LogP contribution in [0.1, 0.15) is 50.7 Å². The Morgan fingerprint density at radius 2 is 2.00 bits per heavy atom. The Kier molecular flexibility index (Phi) is 8.26. The molecule has 0 aliphatic heterocycles. The maximum absolute atomic E-state index is 11.9. The summed E-state index contributed by atoms with van der Waals surface area (Å²) in [6.07, 6.45) is 1.90. The van der Waals surface area contributed by atoms with Crippen molar-refractivity contribution in [2.45, 2.75) is 46.5 Å². The third kappa shape index (κ3) is 7.35. The number of quaternary nitrogens is 1. The van der Waals surface area contributed by atoms with Crippen molar-refractivity contribution in [1.29, 1.82) is 0 Å². The van der Waals surface area contributed by atoms with Crippen LogP contribution in [-0.2, 0) is 4.79 Å². The maximum atomic E-state index is 11.9. The van der Waals surface area contributed by atoms with Gasteiger partial charge in [0, 0.05) is 13.0 Å². The lowest BCUT2D eigenvalue weighted by molar-refractivity contribution is -0.882. The number of aryl methyl sites for hydroxylation is 1. The second-order valence-corrected chi connectivity index (χ2v) is 7.55. The molecule has 24 heavy (non-hydrogen) atoms. The van der Waals surface area contributed by atoms with Crippen molar-refractivity contribution in [3.8, 4) is 5.75 Å². The van der Waals surface area contributed by atoms with Crippen molar-refractivity contribution in [3.05, 3.63) is 29.3 Å². The molecule has 0 bridgehead atoms. The van der Waals surface area contributed by atoms with Gasteiger partial charge in [-0.3, -0.25) is 4.79 Å². The number of hydrogen-bond donors (Lipinski definition) is 1.